The summed E-state index contributed by atoms with van der Waals surface area (Å²) in [5.41, 5.74) is 1.89. The van der Waals surface area contributed by atoms with E-state index in [1.54, 1.807) is 12.1 Å². The number of hydrogen-bond acceptors (Lipinski definition) is 5. The first-order valence-corrected chi connectivity index (χ1v) is 10.4. The van der Waals surface area contributed by atoms with Crippen LogP contribution in [0, 0.1) is 18.6 Å². The number of nitrogens with zero attached hydrogens (tertiary/aromatic N) is 1. The van der Waals surface area contributed by atoms with E-state index in [2.05, 4.69) is 10.3 Å². The second-order valence-electron chi connectivity index (χ2n) is 6.56. The second kappa shape index (κ2) is 7.72. The van der Waals surface area contributed by atoms with E-state index in [1.807, 2.05) is 19.1 Å². The SMILES string of the molecule is Cc1ccccc1-c1nc(S(=O)(=O)c2ccc(F)cc2)c(Nc2ccc(F)cc2)o1. The quantitative estimate of drug-likeness (QED) is 0.427. The van der Waals surface area contributed by atoms with Crippen LogP contribution in [0.15, 0.2) is 87.1 Å². The van der Waals surface area contributed by atoms with Gasteiger partial charge in [0.15, 0.2) is 0 Å². The highest BCUT2D eigenvalue weighted by Crippen LogP contribution is 2.35. The van der Waals surface area contributed by atoms with E-state index >= 15 is 0 Å². The highest BCUT2D eigenvalue weighted by molar-refractivity contribution is 7.91. The summed E-state index contributed by atoms with van der Waals surface area (Å²) in [6.45, 7) is 1.85. The zero-order valence-electron chi connectivity index (χ0n) is 15.8. The molecule has 152 valence electrons. The molecule has 0 aliphatic heterocycles. The van der Waals surface area contributed by atoms with Gasteiger partial charge in [-0.1, -0.05) is 18.2 Å². The predicted octanol–water partition coefficient (Wildman–Crippen LogP) is 5.50. The maximum Gasteiger partial charge on any atom is 0.238 e. The molecular formula is C22H16F2N2O3S. The van der Waals surface area contributed by atoms with Crippen molar-refractivity contribution in [3.05, 3.63) is 90.0 Å². The van der Waals surface area contributed by atoms with Crippen LogP contribution in [-0.4, -0.2) is 13.4 Å². The summed E-state index contributed by atoms with van der Waals surface area (Å²) < 4.78 is 58.7. The topological polar surface area (TPSA) is 72.2 Å². The molecule has 4 rings (SSSR count). The molecule has 0 bridgehead atoms. The Morgan fingerprint density at radius 2 is 1.47 bits per heavy atom. The third kappa shape index (κ3) is 3.81. The number of hydrogen-bond donors (Lipinski definition) is 1. The molecule has 0 saturated heterocycles. The fourth-order valence-corrected chi connectivity index (χ4v) is 4.14. The molecule has 30 heavy (non-hydrogen) atoms. The van der Waals surface area contributed by atoms with E-state index in [0.29, 0.717) is 11.3 Å². The molecule has 1 N–H and O–H groups in total. The van der Waals surface area contributed by atoms with Gasteiger partial charge < -0.3 is 9.73 Å². The Hall–Kier alpha value is -3.52. The first-order chi connectivity index (χ1) is 14.3. The first kappa shape index (κ1) is 19.8. The van der Waals surface area contributed by atoms with Gasteiger partial charge in [-0.05, 0) is 67.1 Å². The monoisotopic (exact) mass is 426 g/mol. The molecule has 1 aromatic heterocycles. The predicted molar refractivity (Wildman–Crippen MR) is 108 cm³/mol. The van der Waals surface area contributed by atoms with Gasteiger partial charge in [0.1, 0.15) is 11.6 Å². The first-order valence-electron chi connectivity index (χ1n) is 8.95. The Balaban J connectivity index is 1.85. The third-order valence-corrected chi connectivity index (χ3v) is 6.13. The molecule has 0 amide bonds. The number of oxazole rings is 1. The van der Waals surface area contributed by atoms with Crippen LogP contribution in [0.2, 0.25) is 0 Å². The summed E-state index contributed by atoms with van der Waals surface area (Å²) in [6.07, 6.45) is 0. The van der Waals surface area contributed by atoms with E-state index in [0.717, 1.165) is 29.8 Å². The highest BCUT2D eigenvalue weighted by Gasteiger charge is 2.29. The van der Waals surface area contributed by atoms with Crippen LogP contribution in [0.3, 0.4) is 0 Å². The Morgan fingerprint density at radius 1 is 0.867 bits per heavy atom. The van der Waals surface area contributed by atoms with Crippen LogP contribution >= 0.6 is 0 Å². The number of anilines is 2. The average Bonchev–Trinajstić information content (AvgIpc) is 3.15. The zero-order valence-corrected chi connectivity index (χ0v) is 16.6. The Kier molecular flexibility index (Phi) is 5.09. The molecule has 8 heteroatoms. The van der Waals surface area contributed by atoms with Crippen LogP contribution < -0.4 is 5.32 Å². The Morgan fingerprint density at radius 3 is 2.10 bits per heavy atom. The maximum atomic E-state index is 13.3. The van der Waals surface area contributed by atoms with Crippen LogP contribution in [-0.2, 0) is 9.84 Å². The third-order valence-electron chi connectivity index (χ3n) is 4.45. The molecule has 0 aliphatic rings. The van der Waals surface area contributed by atoms with Gasteiger partial charge in [-0.3, -0.25) is 0 Å². The summed E-state index contributed by atoms with van der Waals surface area (Å²) in [6, 6.07) is 17.0. The van der Waals surface area contributed by atoms with Crippen LogP contribution in [0.1, 0.15) is 5.56 Å². The fourth-order valence-electron chi connectivity index (χ4n) is 2.89. The summed E-state index contributed by atoms with van der Waals surface area (Å²) in [5.74, 6) is -1.00. The molecular weight excluding hydrogens is 410 g/mol. The summed E-state index contributed by atoms with van der Waals surface area (Å²) in [4.78, 5) is 4.11. The molecule has 3 aromatic carbocycles. The molecule has 0 unspecified atom stereocenters. The van der Waals surface area contributed by atoms with Crippen molar-refractivity contribution in [3.63, 3.8) is 0 Å². The fraction of sp³-hybridized carbons (Fsp3) is 0.0455. The smallest absolute Gasteiger partial charge is 0.238 e. The number of halogens is 2. The molecule has 1 heterocycles. The van der Waals surface area contributed by atoms with Crippen molar-refractivity contribution in [2.45, 2.75) is 16.8 Å². The lowest BCUT2D eigenvalue weighted by Gasteiger charge is -2.06. The summed E-state index contributed by atoms with van der Waals surface area (Å²) in [7, 11) is -4.12. The van der Waals surface area contributed by atoms with Gasteiger partial charge in [0.25, 0.3) is 0 Å². The average molecular weight is 426 g/mol. The maximum absolute atomic E-state index is 13.3. The number of rotatable bonds is 5. The molecule has 0 fully saturated rings. The van der Waals surface area contributed by atoms with Gasteiger partial charge in [0.2, 0.25) is 26.6 Å². The normalized spacial score (nSPS) is 11.4. The van der Waals surface area contributed by atoms with Crippen molar-refractivity contribution in [1.29, 1.82) is 0 Å². The van der Waals surface area contributed by atoms with Crippen molar-refractivity contribution >= 4 is 21.4 Å². The van der Waals surface area contributed by atoms with Crippen molar-refractivity contribution in [1.82, 2.24) is 4.98 Å². The van der Waals surface area contributed by atoms with Crippen molar-refractivity contribution in [3.8, 4) is 11.5 Å². The summed E-state index contributed by atoms with van der Waals surface area (Å²) in [5, 5.41) is 2.50. The molecule has 0 atom stereocenters. The molecule has 0 saturated carbocycles. The molecule has 0 spiro atoms. The van der Waals surface area contributed by atoms with Crippen LogP contribution in [0.25, 0.3) is 11.5 Å². The Bertz CT molecular complexity index is 1300. The number of aryl methyl sites for hydroxylation is 1. The Labute approximate surface area is 171 Å². The van der Waals surface area contributed by atoms with Gasteiger partial charge in [0.05, 0.1) is 4.90 Å². The molecule has 0 aliphatic carbocycles. The molecule has 0 radical (unpaired) electrons. The number of aromatic nitrogens is 1. The van der Waals surface area contributed by atoms with Gasteiger partial charge in [0, 0.05) is 11.3 Å². The minimum Gasteiger partial charge on any atom is -0.419 e. The van der Waals surface area contributed by atoms with E-state index in [9.17, 15) is 17.2 Å². The van der Waals surface area contributed by atoms with Gasteiger partial charge >= 0.3 is 0 Å². The van der Waals surface area contributed by atoms with Gasteiger partial charge in [-0.15, -0.1) is 0 Å². The highest BCUT2D eigenvalue weighted by atomic mass is 32.2. The lowest BCUT2D eigenvalue weighted by Crippen LogP contribution is -2.05. The number of sulfone groups is 1. The summed E-state index contributed by atoms with van der Waals surface area (Å²) >= 11 is 0. The lowest BCUT2D eigenvalue weighted by molar-refractivity contribution is 0.581. The van der Waals surface area contributed by atoms with E-state index in [1.165, 1.54) is 24.3 Å². The van der Waals surface area contributed by atoms with E-state index < -0.39 is 21.5 Å². The standard InChI is InChI=1S/C22H16F2N2O3S/c1-14-4-2-3-5-19(14)20-26-22(30(27,28)18-12-8-16(24)9-13-18)21(29-20)25-17-10-6-15(23)7-11-17/h2-13,25H,1H3. The molecule has 5 nitrogen and oxygen atoms in total. The van der Waals surface area contributed by atoms with Crippen LogP contribution in [0.4, 0.5) is 20.4 Å². The van der Waals surface area contributed by atoms with E-state index in [-0.39, 0.29) is 21.7 Å². The lowest BCUT2D eigenvalue weighted by atomic mass is 10.1. The minimum atomic E-state index is -4.12. The van der Waals surface area contributed by atoms with Crippen LogP contribution in [0.5, 0.6) is 0 Å². The van der Waals surface area contributed by atoms with Crippen molar-refractivity contribution in [2.75, 3.05) is 5.32 Å². The van der Waals surface area contributed by atoms with Crippen molar-refractivity contribution < 1.29 is 21.6 Å². The minimum absolute atomic E-state index is 0.110. The van der Waals surface area contributed by atoms with Crippen molar-refractivity contribution in [2.24, 2.45) is 0 Å². The van der Waals surface area contributed by atoms with Gasteiger partial charge in [-0.2, -0.15) is 4.98 Å². The van der Waals surface area contributed by atoms with Gasteiger partial charge in [-0.25, -0.2) is 17.2 Å². The molecule has 4 aromatic rings. The second-order valence-corrected chi connectivity index (χ2v) is 8.42. The largest absolute Gasteiger partial charge is 0.419 e. The zero-order chi connectivity index (χ0) is 21.3. The number of benzene rings is 3. The van der Waals surface area contributed by atoms with E-state index in [4.69, 9.17) is 4.42 Å². The number of nitrogens with one attached hydrogen (secondary N) is 1.